The van der Waals surface area contributed by atoms with Gasteiger partial charge in [0.2, 0.25) is 0 Å². The average Bonchev–Trinajstić information content (AvgIpc) is 1.66. The Kier molecular flexibility index (Phi) is 4.79. The van der Waals surface area contributed by atoms with Gasteiger partial charge in [-0.25, -0.2) is 0 Å². The number of hydrogen-bond acceptors (Lipinski definition) is 2. The van der Waals surface area contributed by atoms with Crippen molar-refractivity contribution in [1.82, 2.24) is 0 Å². The second-order valence-corrected chi connectivity index (χ2v) is 2.56. The van der Waals surface area contributed by atoms with Gasteiger partial charge in [-0.1, -0.05) is 0 Å². The lowest BCUT2D eigenvalue weighted by Crippen LogP contribution is -2.43. The molecule has 0 saturated carbocycles. The van der Waals surface area contributed by atoms with Crippen molar-refractivity contribution < 1.29 is 5.41 Å². The van der Waals surface area contributed by atoms with Gasteiger partial charge in [0, 0.05) is 5.75 Å². The lowest BCUT2D eigenvalue weighted by molar-refractivity contribution is -0.110. The second-order valence-electron chi connectivity index (χ2n) is 1.39. The van der Waals surface area contributed by atoms with Crippen LogP contribution in [-0.2, 0) is 0 Å². The molecule has 0 fully saturated rings. The molecule has 0 unspecified atom stereocenters. The van der Waals surface area contributed by atoms with Gasteiger partial charge in [-0.2, -0.15) is 0 Å². The Morgan fingerprint density at radius 2 is 2.25 bits per heavy atom. The minimum atomic E-state index is 0.429. The van der Waals surface area contributed by atoms with E-state index in [9.17, 15) is 0 Å². The van der Waals surface area contributed by atoms with Gasteiger partial charge in [0.25, 0.3) is 5.17 Å². The number of rotatable bonds is 3. The van der Waals surface area contributed by atoms with E-state index < -0.39 is 0 Å². The van der Waals surface area contributed by atoms with Crippen LogP contribution in [0.4, 0.5) is 0 Å². The Balaban J connectivity index is 2.82. The zero-order valence-electron chi connectivity index (χ0n) is 4.76. The minimum absolute atomic E-state index is 0.429. The van der Waals surface area contributed by atoms with E-state index in [0.717, 1.165) is 12.2 Å². The highest BCUT2D eigenvalue weighted by Gasteiger charge is 1.92. The molecule has 0 aromatic rings. The van der Waals surface area contributed by atoms with Crippen LogP contribution in [0.5, 0.6) is 0 Å². The molecule has 48 valence electrons. The molecule has 0 amide bonds. The molecule has 0 aliphatic carbocycles. The molecular formula is C4H12N3S+. The summed E-state index contributed by atoms with van der Waals surface area (Å²) in [5.74, 6) is 0.929. The van der Waals surface area contributed by atoms with Crippen LogP contribution < -0.4 is 16.9 Å². The molecular weight excluding hydrogens is 122 g/mol. The summed E-state index contributed by atoms with van der Waals surface area (Å²) < 4.78 is 0. The van der Waals surface area contributed by atoms with Gasteiger partial charge in [0.05, 0.1) is 0 Å². The summed E-state index contributed by atoms with van der Waals surface area (Å²) in [7, 11) is 0. The van der Waals surface area contributed by atoms with E-state index in [2.05, 4.69) is 0 Å². The lowest BCUT2D eigenvalue weighted by Gasteiger charge is -1.89. The molecule has 0 bridgehead atoms. The summed E-state index contributed by atoms with van der Waals surface area (Å²) in [4.78, 5) is 0. The van der Waals surface area contributed by atoms with Crippen molar-refractivity contribution >= 4 is 16.9 Å². The maximum Gasteiger partial charge on any atom is 0.299 e. The highest BCUT2D eigenvalue weighted by Crippen LogP contribution is 1.95. The zero-order valence-corrected chi connectivity index (χ0v) is 5.58. The van der Waals surface area contributed by atoms with E-state index >= 15 is 0 Å². The van der Waals surface area contributed by atoms with Crippen LogP contribution in [0.1, 0.15) is 6.42 Å². The maximum absolute atomic E-state index is 5.21. The molecule has 4 heteroatoms. The van der Waals surface area contributed by atoms with Crippen LogP contribution in [0.2, 0.25) is 0 Å². The molecule has 8 heavy (non-hydrogen) atoms. The van der Waals surface area contributed by atoms with Gasteiger partial charge in [0.15, 0.2) is 0 Å². The van der Waals surface area contributed by atoms with Crippen molar-refractivity contribution in [2.24, 2.45) is 11.5 Å². The normalized spacial score (nSPS) is 9.12. The Hall–Kier alpha value is -0.220. The van der Waals surface area contributed by atoms with E-state index in [4.69, 9.17) is 16.9 Å². The van der Waals surface area contributed by atoms with Crippen molar-refractivity contribution in [3.63, 3.8) is 0 Å². The van der Waals surface area contributed by atoms with Crippen LogP contribution in [-0.4, -0.2) is 17.5 Å². The Morgan fingerprint density at radius 1 is 1.62 bits per heavy atom. The summed E-state index contributed by atoms with van der Waals surface area (Å²) >= 11 is 1.45. The molecule has 0 aromatic carbocycles. The molecule has 0 aromatic heterocycles. The van der Waals surface area contributed by atoms with Crippen LogP contribution >= 0.6 is 11.8 Å². The summed E-state index contributed by atoms with van der Waals surface area (Å²) in [6.07, 6.45) is 0.975. The number of amidine groups is 1. The lowest BCUT2D eigenvalue weighted by atomic mass is 10.5. The molecule has 0 aliphatic heterocycles. The molecule has 0 heterocycles. The molecule has 0 rings (SSSR count). The third-order valence-electron chi connectivity index (χ3n) is 0.617. The van der Waals surface area contributed by atoms with Crippen molar-refractivity contribution in [2.75, 3.05) is 12.3 Å². The number of hydrogen-bond donors (Lipinski definition) is 3. The molecule has 0 spiro atoms. The molecule has 6 N–H and O–H groups in total. The van der Waals surface area contributed by atoms with Gasteiger partial charge < -0.3 is 5.73 Å². The average molecular weight is 134 g/mol. The SMILES string of the molecule is NCCCSC(N)=[NH2+]. The number of nitrogens with two attached hydrogens (primary N) is 3. The third kappa shape index (κ3) is 5.78. The summed E-state index contributed by atoms with van der Waals surface area (Å²) in [5, 5.41) is 5.58. The first-order valence-electron chi connectivity index (χ1n) is 2.48. The standard InChI is InChI=1S/C4H11N3S/c5-2-1-3-8-4(6)7/h1-3,5H2,(H3,6,7)/p+1. The molecule has 0 aliphatic rings. The van der Waals surface area contributed by atoms with E-state index in [1.807, 2.05) is 0 Å². The minimum Gasteiger partial charge on any atom is -0.330 e. The fourth-order valence-electron chi connectivity index (χ4n) is 0.273. The zero-order chi connectivity index (χ0) is 6.41. The summed E-state index contributed by atoms with van der Waals surface area (Å²) in [6.45, 7) is 0.709. The topological polar surface area (TPSA) is 77.6 Å². The van der Waals surface area contributed by atoms with Crippen LogP contribution in [0.15, 0.2) is 0 Å². The Morgan fingerprint density at radius 3 is 2.62 bits per heavy atom. The molecule has 0 atom stereocenters. The van der Waals surface area contributed by atoms with Gasteiger partial charge >= 0.3 is 0 Å². The third-order valence-corrected chi connectivity index (χ3v) is 1.44. The summed E-state index contributed by atoms with van der Waals surface area (Å²) in [5.41, 5.74) is 10.4. The fourth-order valence-corrected chi connectivity index (χ4v) is 0.820. The monoisotopic (exact) mass is 134 g/mol. The summed E-state index contributed by atoms with van der Waals surface area (Å²) in [6, 6.07) is 0. The van der Waals surface area contributed by atoms with E-state index in [1.165, 1.54) is 11.8 Å². The van der Waals surface area contributed by atoms with E-state index in [1.54, 1.807) is 0 Å². The van der Waals surface area contributed by atoms with Gasteiger partial charge in [-0.05, 0) is 24.7 Å². The highest BCUT2D eigenvalue weighted by atomic mass is 32.2. The highest BCUT2D eigenvalue weighted by molar-refractivity contribution is 8.13. The predicted molar refractivity (Wildman–Crippen MR) is 37.2 cm³/mol. The number of thioether (sulfide) groups is 1. The smallest absolute Gasteiger partial charge is 0.299 e. The van der Waals surface area contributed by atoms with Crippen LogP contribution in [0.3, 0.4) is 0 Å². The molecule has 0 saturated heterocycles. The largest absolute Gasteiger partial charge is 0.330 e. The van der Waals surface area contributed by atoms with Crippen molar-refractivity contribution in [3.05, 3.63) is 0 Å². The van der Waals surface area contributed by atoms with Crippen molar-refractivity contribution in [3.8, 4) is 0 Å². The van der Waals surface area contributed by atoms with E-state index in [-0.39, 0.29) is 0 Å². The van der Waals surface area contributed by atoms with Gasteiger partial charge in [-0.3, -0.25) is 11.1 Å². The fraction of sp³-hybridized carbons (Fsp3) is 0.750. The van der Waals surface area contributed by atoms with Crippen LogP contribution in [0.25, 0.3) is 0 Å². The second kappa shape index (κ2) is 4.93. The molecule has 0 radical (unpaired) electrons. The maximum atomic E-state index is 5.21. The van der Waals surface area contributed by atoms with Crippen LogP contribution in [0, 0.1) is 0 Å². The van der Waals surface area contributed by atoms with Gasteiger partial charge in [0.1, 0.15) is 0 Å². The first-order chi connectivity index (χ1) is 3.77. The first kappa shape index (κ1) is 7.78. The van der Waals surface area contributed by atoms with Gasteiger partial charge in [-0.15, -0.1) is 0 Å². The van der Waals surface area contributed by atoms with E-state index in [0.29, 0.717) is 11.7 Å². The quantitative estimate of drug-likeness (QED) is 0.241. The Labute approximate surface area is 53.3 Å². The van der Waals surface area contributed by atoms with Crippen molar-refractivity contribution in [2.45, 2.75) is 6.42 Å². The Bertz CT molecular complexity index is 73.7. The predicted octanol–water partition coefficient (Wildman–Crippen LogP) is -1.86. The molecule has 3 nitrogen and oxygen atoms in total. The first-order valence-corrected chi connectivity index (χ1v) is 3.46. The van der Waals surface area contributed by atoms with Crippen molar-refractivity contribution in [1.29, 1.82) is 0 Å².